The van der Waals surface area contributed by atoms with Crippen LogP contribution in [0, 0.1) is 0 Å². The number of carbonyl (C=O) groups is 1. The first kappa shape index (κ1) is 14.4. The van der Waals surface area contributed by atoms with E-state index in [1.165, 1.54) is 6.26 Å². The minimum Gasteiger partial charge on any atom is -0.459 e. The standard InChI is InChI=1S/C16H16BrNO3/c17-13-5-3-12(4-6-13)16(7-10-20-11-8-16)18-15(19)14-2-1-9-21-14/h1-6,9H,7-8,10-11H2,(H,18,19). The molecule has 0 bridgehead atoms. The molecule has 2 aromatic rings. The molecule has 0 aliphatic carbocycles. The van der Waals surface area contributed by atoms with E-state index in [1.807, 2.05) is 24.3 Å². The van der Waals surface area contributed by atoms with Crippen LogP contribution in [-0.4, -0.2) is 19.1 Å². The lowest BCUT2D eigenvalue weighted by atomic mass is 9.82. The highest BCUT2D eigenvalue weighted by molar-refractivity contribution is 9.10. The summed E-state index contributed by atoms with van der Waals surface area (Å²) in [5.41, 5.74) is 0.692. The molecule has 2 heterocycles. The summed E-state index contributed by atoms with van der Waals surface area (Å²) in [7, 11) is 0. The van der Waals surface area contributed by atoms with Gasteiger partial charge in [-0.1, -0.05) is 28.1 Å². The van der Waals surface area contributed by atoms with Gasteiger partial charge in [0.25, 0.3) is 5.91 Å². The second-order valence-electron chi connectivity index (χ2n) is 5.13. The van der Waals surface area contributed by atoms with Crippen LogP contribution in [0.1, 0.15) is 29.0 Å². The van der Waals surface area contributed by atoms with E-state index in [0.29, 0.717) is 19.0 Å². The van der Waals surface area contributed by atoms with Gasteiger partial charge in [0.15, 0.2) is 5.76 Å². The van der Waals surface area contributed by atoms with Crippen LogP contribution in [0.5, 0.6) is 0 Å². The van der Waals surface area contributed by atoms with E-state index in [2.05, 4.69) is 21.2 Å². The van der Waals surface area contributed by atoms with E-state index in [0.717, 1.165) is 22.9 Å². The summed E-state index contributed by atoms with van der Waals surface area (Å²) in [4.78, 5) is 12.4. The van der Waals surface area contributed by atoms with E-state index in [1.54, 1.807) is 12.1 Å². The van der Waals surface area contributed by atoms with Gasteiger partial charge >= 0.3 is 0 Å². The molecule has 1 amide bonds. The maximum absolute atomic E-state index is 12.4. The Morgan fingerprint density at radius 3 is 2.48 bits per heavy atom. The molecule has 1 fully saturated rings. The Morgan fingerprint density at radius 2 is 1.86 bits per heavy atom. The summed E-state index contributed by atoms with van der Waals surface area (Å²) < 4.78 is 11.7. The van der Waals surface area contributed by atoms with E-state index < -0.39 is 5.54 Å². The molecule has 1 saturated heterocycles. The molecule has 0 radical (unpaired) electrons. The van der Waals surface area contributed by atoms with Crippen molar-refractivity contribution >= 4 is 21.8 Å². The molecule has 1 N–H and O–H groups in total. The minimum atomic E-state index is -0.400. The molecule has 0 atom stereocenters. The van der Waals surface area contributed by atoms with E-state index in [4.69, 9.17) is 9.15 Å². The SMILES string of the molecule is O=C(NC1(c2ccc(Br)cc2)CCOCC1)c1ccco1. The van der Waals surface area contributed by atoms with Crippen LogP contribution in [0.25, 0.3) is 0 Å². The Hall–Kier alpha value is -1.59. The minimum absolute atomic E-state index is 0.190. The second kappa shape index (κ2) is 6.03. The number of amides is 1. The van der Waals surface area contributed by atoms with Gasteiger partial charge in [-0.15, -0.1) is 0 Å². The molecule has 3 rings (SSSR count). The first-order valence-electron chi connectivity index (χ1n) is 6.89. The van der Waals surface area contributed by atoms with Crippen LogP contribution in [0.4, 0.5) is 0 Å². The van der Waals surface area contributed by atoms with Gasteiger partial charge in [-0.25, -0.2) is 0 Å². The zero-order valence-corrected chi connectivity index (χ0v) is 13.1. The van der Waals surface area contributed by atoms with Crippen LogP contribution in [0.2, 0.25) is 0 Å². The average Bonchev–Trinajstić information content (AvgIpc) is 3.03. The lowest BCUT2D eigenvalue weighted by Crippen LogP contribution is -2.49. The molecule has 1 aliphatic rings. The Balaban J connectivity index is 1.89. The van der Waals surface area contributed by atoms with Crippen molar-refractivity contribution in [2.75, 3.05) is 13.2 Å². The number of hydrogen-bond donors (Lipinski definition) is 1. The molecule has 110 valence electrons. The number of carbonyl (C=O) groups excluding carboxylic acids is 1. The van der Waals surface area contributed by atoms with Crippen LogP contribution >= 0.6 is 15.9 Å². The average molecular weight is 350 g/mol. The van der Waals surface area contributed by atoms with Crippen LogP contribution in [0.15, 0.2) is 51.6 Å². The summed E-state index contributed by atoms with van der Waals surface area (Å²) in [6.07, 6.45) is 3.01. The molecule has 1 aromatic heterocycles. The van der Waals surface area contributed by atoms with Crippen molar-refractivity contribution in [1.82, 2.24) is 5.32 Å². The monoisotopic (exact) mass is 349 g/mol. The van der Waals surface area contributed by atoms with Gasteiger partial charge in [0.1, 0.15) is 0 Å². The third-order valence-corrected chi connectivity index (χ3v) is 4.37. The molecule has 5 heteroatoms. The number of ether oxygens (including phenoxy) is 1. The summed E-state index contributed by atoms with van der Waals surface area (Å²) in [5.74, 6) is 0.141. The van der Waals surface area contributed by atoms with Crippen molar-refractivity contribution in [3.05, 3.63) is 58.5 Å². The van der Waals surface area contributed by atoms with E-state index >= 15 is 0 Å². The van der Waals surface area contributed by atoms with Gasteiger partial charge in [-0.3, -0.25) is 4.79 Å². The zero-order valence-electron chi connectivity index (χ0n) is 11.5. The number of furan rings is 1. The van der Waals surface area contributed by atoms with E-state index in [-0.39, 0.29) is 5.91 Å². The summed E-state index contributed by atoms with van der Waals surface area (Å²) in [5, 5.41) is 3.14. The van der Waals surface area contributed by atoms with Gasteiger partial charge in [0.05, 0.1) is 11.8 Å². The fourth-order valence-corrected chi connectivity index (χ4v) is 2.93. The van der Waals surface area contributed by atoms with Crippen molar-refractivity contribution in [2.45, 2.75) is 18.4 Å². The Bertz CT molecular complexity index is 601. The number of benzene rings is 1. The lowest BCUT2D eigenvalue weighted by Gasteiger charge is -2.38. The zero-order chi connectivity index (χ0) is 14.7. The topological polar surface area (TPSA) is 51.5 Å². The number of halogens is 1. The van der Waals surface area contributed by atoms with Crippen molar-refractivity contribution in [3.63, 3.8) is 0 Å². The van der Waals surface area contributed by atoms with Crippen LogP contribution in [0.3, 0.4) is 0 Å². The normalized spacial score (nSPS) is 17.4. The van der Waals surface area contributed by atoms with E-state index in [9.17, 15) is 4.79 Å². The van der Waals surface area contributed by atoms with Gasteiger partial charge in [0.2, 0.25) is 0 Å². The van der Waals surface area contributed by atoms with Crippen molar-refractivity contribution in [1.29, 1.82) is 0 Å². The lowest BCUT2D eigenvalue weighted by molar-refractivity contribution is 0.0337. The molecular formula is C16H16BrNO3. The maximum Gasteiger partial charge on any atom is 0.287 e. The van der Waals surface area contributed by atoms with Crippen molar-refractivity contribution in [3.8, 4) is 0 Å². The largest absolute Gasteiger partial charge is 0.459 e. The first-order chi connectivity index (χ1) is 10.2. The summed E-state index contributed by atoms with van der Waals surface area (Å²) in [6, 6.07) is 11.4. The molecule has 0 unspecified atom stereocenters. The number of nitrogens with one attached hydrogen (secondary N) is 1. The van der Waals surface area contributed by atoms with Crippen molar-refractivity contribution in [2.24, 2.45) is 0 Å². The Labute approximate surface area is 131 Å². The second-order valence-corrected chi connectivity index (χ2v) is 6.05. The fourth-order valence-electron chi connectivity index (χ4n) is 2.66. The molecule has 1 aromatic carbocycles. The van der Waals surface area contributed by atoms with Crippen LogP contribution in [-0.2, 0) is 10.3 Å². The third kappa shape index (κ3) is 3.04. The highest BCUT2D eigenvalue weighted by atomic mass is 79.9. The molecular weight excluding hydrogens is 334 g/mol. The quantitative estimate of drug-likeness (QED) is 0.922. The Kier molecular flexibility index (Phi) is 4.12. The third-order valence-electron chi connectivity index (χ3n) is 3.84. The predicted octanol–water partition coefficient (Wildman–Crippen LogP) is 3.48. The highest BCUT2D eigenvalue weighted by Crippen LogP contribution is 2.33. The van der Waals surface area contributed by atoms with Crippen molar-refractivity contribution < 1.29 is 13.9 Å². The molecule has 0 spiro atoms. The molecule has 4 nitrogen and oxygen atoms in total. The van der Waals surface area contributed by atoms with Crippen LogP contribution < -0.4 is 5.32 Å². The first-order valence-corrected chi connectivity index (χ1v) is 7.69. The van der Waals surface area contributed by atoms with Gasteiger partial charge < -0.3 is 14.5 Å². The molecule has 0 saturated carbocycles. The maximum atomic E-state index is 12.4. The Morgan fingerprint density at radius 1 is 1.14 bits per heavy atom. The molecule has 1 aliphatic heterocycles. The molecule has 21 heavy (non-hydrogen) atoms. The summed E-state index contributed by atoms with van der Waals surface area (Å²) >= 11 is 3.44. The smallest absolute Gasteiger partial charge is 0.287 e. The summed E-state index contributed by atoms with van der Waals surface area (Å²) in [6.45, 7) is 1.27. The van der Waals surface area contributed by atoms with Gasteiger partial charge in [-0.2, -0.15) is 0 Å². The predicted molar refractivity (Wildman–Crippen MR) is 82.0 cm³/mol. The van der Waals surface area contributed by atoms with Gasteiger partial charge in [0, 0.05) is 17.7 Å². The number of hydrogen-bond acceptors (Lipinski definition) is 3. The van der Waals surface area contributed by atoms with Gasteiger partial charge in [-0.05, 0) is 42.7 Å². The highest BCUT2D eigenvalue weighted by Gasteiger charge is 2.36. The number of rotatable bonds is 3. The fraction of sp³-hybridized carbons (Fsp3) is 0.312.